The zero-order valence-corrected chi connectivity index (χ0v) is 12.8. The van der Waals surface area contributed by atoms with Crippen LogP contribution < -0.4 is 4.72 Å². The highest BCUT2D eigenvalue weighted by Crippen LogP contribution is 2.12. The first-order valence-electron chi connectivity index (χ1n) is 7.06. The summed E-state index contributed by atoms with van der Waals surface area (Å²) < 4.78 is 33.3. The summed E-state index contributed by atoms with van der Waals surface area (Å²) in [6, 6.07) is 0. The summed E-state index contributed by atoms with van der Waals surface area (Å²) in [5, 5.41) is 3.83. The average molecular weight is 302 g/mol. The van der Waals surface area contributed by atoms with Gasteiger partial charge in [0.25, 0.3) is 10.2 Å². The van der Waals surface area contributed by atoms with Crippen molar-refractivity contribution in [1.29, 1.82) is 0 Å². The van der Waals surface area contributed by atoms with E-state index in [1.54, 1.807) is 0 Å². The molecule has 0 atom stereocenters. The van der Waals surface area contributed by atoms with Gasteiger partial charge in [-0.2, -0.15) is 17.7 Å². The molecule has 0 saturated carbocycles. The monoisotopic (exact) mass is 302 g/mol. The van der Waals surface area contributed by atoms with Gasteiger partial charge in [-0.3, -0.25) is 0 Å². The van der Waals surface area contributed by atoms with E-state index < -0.39 is 10.2 Å². The third kappa shape index (κ3) is 4.00. The van der Waals surface area contributed by atoms with Gasteiger partial charge in [-0.1, -0.05) is 25.4 Å². The molecule has 20 heavy (non-hydrogen) atoms. The molecule has 2 rings (SSSR count). The van der Waals surface area contributed by atoms with Crippen molar-refractivity contribution < 1.29 is 12.9 Å². The summed E-state index contributed by atoms with van der Waals surface area (Å²) in [6.07, 6.45) is 3.41. The number of aromatic nitrogens is 2. The largest absolute Gasteiger partial charge is 0.339 e. The Kier molecular flexibility index (Phi) is 5.11. The highest BCUT2D eigenvalue weighted by Gasteiger charge is 2.23. The van der Waals surface area contributed by atoms with Crippen LogP contribution in [0.2, 0.25) is 0 Å². The molecular weight excluding hydrogens is 280 g/mol. The molecule has 2 heterocycles. The molecule has 1 aliphatic heterocycles. The van der Waals surface area contributed by atoms with Crippen LogP contribution in [-0.2, 0) is 16.6 Å². The lowest BCUT2D eigenvalue weighted by Gasteiger charge is -2.25. The fourth-order valence-electron chi connectivity index (χ4n) is 2.09. The molecule has 1 fully saturated rings. The molecule has 0 aliphatic carbocycles. The molecule has 1 saturated heterocycles. The number of hydrogen-bond acceptors (Lipinski definition) is 5. The Morgan fingerprint density at radius 1 is 1.30 bits per heavy atom. The Hall–Kier alpha value is -0.990. The summed E-state index contributed by atoms with van der Waals surface area (Å²) in [7, 11) is -3.37. The Bertz CT molecular complexity index is 521. The van der Waals surface area contributed by atoms with Crippen LogP contribution in [0.15, 0.2) is 4.52 Å². The fraction of sp³-hybridized carbons (Fsp3) is 0.833. The van der Waals surface area contributed by atoms with E-state index in [9.17, 15) is 8.42 Å². The molecular formula is C12H22N4O3S. The molecule has 1 aromatic rings. The van der Waals surface area contributed by atoms with Crippen LogP contribution in [0.1, 0.15) is 50.7 Å². The molecule has 114 valence electrons. The van der Waals surface area contributed by atoms with Gasteiger partial charge in [0.05, 0.1) is 0 Å². The zero-order chi connectivity index (χ0) is 14.6. The molecule has 0 bridgehead atoms. The van der Waals surface area contributed by atoms with Gasteiger partial charge in [0.15, 0.2) is 5.82 Å². The standard InChI is InChI=1S/C12H22N4O3S/c1-10(2)12-14-11(15-19-12)6-7-13-20(17,18)16-8-4-3-5-9-16/h10,13H,3-9H2,1-2H3. The topological polar surface area (TPSA) is 88.3 Å². The van der Waals surface area contributed by atoms with Gasteiger partial charge in [0.1, 0.15) is 0 Å². The van der Waals surface area contributed by atoms with E-state index in [4.69, 9.17) is 4.52 Å². The molecule has 0 aromatic carbocycles. The van der Waals surface area contributed by atoms with Crippen molar-refractivity contribution in [2.75, 3.05) is 19.6 Å². The maximum absolute atomic E-state index is 12.0. The van der Waals surface area contributed by atoms with Crippen molar-refractivity contribution in [3.63, 3.8) is 0 Å². The summed E-state index contributed by atoms with van der Waals surface area (Å²) >= 11 is 0. The van der Waals surface area contributed by atoms with Gasteiger partial charge in [-0.25, -0.2) is 4.72 Å². The van der Waals surface area contributed by atoms with Crippen LogP contribution in [0, 0.1) is 0 Å². The highest BCUT2D eigenvalue weighted by molar-refractivity contribution is 7.87. The third-order valence-electron chi connectivity index (χ3n) is 3.27. The third-order valence-corrected chi connectivity index (χ3v) is 4.88. The van der Waals surface area contributed by atoms with Crippen LogP contribution >= 0.6 is 0 Å². The smallest absolute Gasteiger partial charge is 0.279 e. The minimum Gasteiger partial charge on any atom is -0.339 e. The number of nitrogens with zero attached hydrogens (tertiary/aromatic N) is 3. The predicted octanol–water partition coefficient (Wildman–Crippen LogP) is 1.06. The molecule has 1 N–H and O–H groups in total. The van der Waals surface area contributed by atoms with Crippen molar-refractivity contribution in [3.05, 3.63) is 11.7 Å². The number of nitrogens with one attached hydrogen (secondary N) is 1. The predicted molar refractivity (Wildman–Crippen MR) is 74.4 cm³/mol. The average Bonchev–Trinajstić information content (AvgIpc) is 2.89. The molecule has 0 unspecified atom stereocenters. The lowest BCUT2D eigenvalue weighted by molar-refractivity contribution is 0.341. The van der Waals surface area contributed by atoms with Crippen molar-refractivity contribution >= 4 is 10.2 Å². The molecule has 1 aliphatic rings. The van der Waals surface area contributed by atoms with Gasteiger partial charge < -0.3 is 4.52 Å². The van der Waals surface area contributed by atoms with Crippen LogP contribution in [0.4, 0.5) is 0 Å². The van der Waals surface area contributed by atoms with E-state index >= 15 is 0 Å². The lowest BCUT2D eigenvalue weighted by atomic mass is 10.2. The Morgan fingerprint density at radius 3 is 2.60 bits per heavy atom. The van der Waals surface area contributed by atoms with Gasteiger partial charge in [-0.15, -0.1) is 0 Å². The summed E-state index contributed by atoms with van der Waals surface area (Å²) in [5.74, 6) is 1.30. The van der Waals surface area contributed by atoms with Gasteiger partial charge in [0.2, 0.25) is 5.89 Å². The molecule has 8 heteroatoms. The minimum absolute atomic E-state index is 0.182. The van der Waals surface area contributed by atoms with Crippen molar-refractivity contribution in [2.45, 2.75) is 45.4 Å². The Labute approximate surface area is 119 Å². The maximum Gasteiger partial charge on any atom is 0.279 e. The van der Waals surface area contributed by atoms with E-state index in [0.717, 1.165) is 19.3 Å². The molecule has 0 radical (unpaired) electrons. The van der Waals surface area contributed by atoms with Crippen LogP contribution in [0.5, 0.6) is 0 Å². The minimum atomic E-state index is -3.37. The molecule has 1 aromatic heterocycles. The first kappa shape index (κ1) is 15.4. The van der Waals surface area contributed by atoms with Crippen LogP contribution in [0.25, 0.3) is 0 Å². The van der Waals surface area contributed by atoms with Gasteiger partial charge in [-0.05, 0) is 12.8 Å². The maximum atomic E-state index is 12.0. The van der Waals surface area contributed by atoms with Crippen molar-refractivity contribution in [2.24, 2.45) is 0 Å². The quantitative estimate of drug-likeness (QED) is 0.848. The van der Waals surface area contributed by atoms with Crippen LogP contribution in [-0.4, -0.2) is 42.5 Å². The lowest BCUT2D eigenvalue weighted by Crippen LogP contribution is -2.44. The second-order valence-electron chi connectivity index (χ2n) is 5.31. The van der Waals surface area contributed by atoms with E-state index in [0.29, 0.717) is 31.2 Å². The van der Waals surface area contributed by atoms with Gasteiger partial charge in [0, 0.05) is 32.0 Å². The van der Waals surface area contributed by atoms with E-state index in [-0.39, 0.29) is 12.5 Å². The highest BCUT2D eigenvalue weighted by atomic mass is 32.2. The first-order chi connectivity index (χ1) is 9.49. The second kappa shape index (κ2) is 6.64. The normalized spacial score (nSPS) is 17.8. The number of rotatable bonds is 6. The van der Waals surface area contributed by atoms with Crippen molar-refractivity contribution in [3.8, 4) is 0 Å². The van der Waals surface area contributed by atoms with Crippen LogP contribution in [0.3, 0.4) is 0 Å². The number of piperidine rings is 1. The van der Waals surface area contributed by atoms with Gasteiger partial charge >= 0.3 is 0 Å². The summed E-state index contributed by atoms with van der Waals surface area (Å²) in [5.41, 5.74) is 0. The number of hydrogen-bond donors (Lipinski definition) is 1. The van der Waals surface area contributed by atoms with E-state index in [2.05, 4.69) is 14.9 Å². The first-order valence-corrected chi connectivity index (χ1v) is 8.50. The molecule has 7 nitrogen and oxygen atoms in total. The summed E-state index contributed by atoms with van der Waals surface area (Å²) in [6.45, 7) is 5.44. The Balaban J connectivity index is 1.82. The van der Waals surface area contributed by atoms with E-state index in [1.807, 2.05) is 13.8 Å². The SMILES string of the molecule is CC(C)c1nc(CCNS(=O)(=O)N2CCCCC2)no1. The zero-order valence-electron chi connectivity index (χ0n) is 12.0. The van der Waals surface area contributed by atoms with Crippen molar-refractivity contribution in [1.82, 2.24) is 19.2 Å². The fourth-order valence-corrected chi connectivity index (χ4v) is 3.37. The van der Waals surface area contributed by atoms with E-state index in [1.165, 1.54) is 4.31 Å². The molecule has 0 spiro atoms. The Morgan fingerprint density at radius 2 is 2.00 bits per heavy atom. The molecule has 0 amide bonds. The summed E-state index contributed by atoms with van der Waals surface area (Å²) in [4.78, 5) is 4.22. The second-order valence-corrected chi connectivity index (χ2v) is 7.07.